The van der Waals surface area contributed by atoms with Gasteiger partial charge >= 0.3 is 0 Å². The van der Waals surface area contributed by atoms with Gasteiger partial charge in [0, 0.05) is 29.8 Å². The highest BCUT2D eigenvalue weighted by atomic mass is 19.1. The summed E-state index contributed by atoms with van der Waals surface area (Å²) in [6.45, 7) is 3.35. The maximum atomic E-state index is 13.3. The van der Waals surface area contributed by atoms with Crippen LogP contribution in [0.1, 0.15) is 41.5 Å². The van der Waals surface area contributed by atoms with Gasteiger partial charge in [0.2, 0.25) is 0 Å². The van der Waals surface area contributed by atoms with Crippen molar-refractivity contribution in [2.45, 2.75) is 31.1 Å². The second-order valence-electron chi connectivity index (χ2n) is 7.38. The highest BCUT2D eigenvalue weighted by molar-refractivity contribution is 5.79. The van der Waals surface area contributed by atoms with Crippen molar-refractivity contribution in [2.24, 2.45) is 0 Å². The van der Waals surface area contributed by atoms with Crippen LogP contribution in [0, 0.1) is 5.82 Å². The molecule has 0 N–H and O–H groups in total. The van der Waals surface area contributed by atoms with Gasteiger partial charge in [-0.2, -0.15) is 0 Å². The first-order valence-corrected chi connectivity index (χ1v) is 9.13. The Hall–Kier alpha value is -2.20. The lowest BCUT2D eigenvalue weighted by atomic mass is 9.77. The molecule has 1 unspecified atom stereocenters. The first kappa shape index (κ1) is 15.1. The maximum absolute atomic E-state index is 13.3. The number of rotatable bonds is 3. The second-order valence-corrected chi connectivity index (χ2v) is 7.38. The normalized spacial score (nSPS) is 21.2. The lowest BCUT2D eigenvalue weighted by Gasteiger charge is -2.38. The van der Waals surface area contributed by atoms with Crippen LogP contribution in [-0.2, 0) is 6.42 Å². The molecule has 4 heteroatoms. The quantitative estimate of drug-likeness (QED) is 0.706. The van der Waals surface area contributed by atoms with Crippen molar-refractivity contribution in [2.75, 3.05) is 19.6 Å². The van der Waals surface area contributed by atoms with Crippen molar-refractivity contribution in [3.05, 3.63) is 65.1 Å². The van der Waals surface area contributed by atoms with E-state index in [0.717, 1.165) is 43.6 Å². The van der Waals surface area contributed by atoms with Crippen molar-refractivity contribution < 1.29 is 8.91 Å². The minimum atomic E-state index is -0.272. The number of benzene rings is 2. The molecular weight excluding hydrogens is 315 g/mol. The largest absolute Gasteiger partial charge is 0.356 e. The Balaban J connectivity index is 1.24. The Kier molecular flexibility index (Phi) is 3.59. The molecule has 1 aliphatic carbocycles. The summed E-state index contributed by atoms with van der Waals surface area (Å²) in [5.41, 5.74) is 4.62. The molecule has 0 amide bonds. The predicted molar refractivity (Wildman–Crippen MR) is 95.3 cm³/mol. The number of nitrogens with zero attached hydrogens (tertiary/aromatic N) is 2. The molecule has 0 saturated carbocycles. The number of hydrogen-bond donors (Lipinski definition) is 0. The van der Waals surface area contributed by atoms with E-state index in [1.165, 1.54) is 29.7 Å². The van der Waals surface area contributed by atoms with Gasteiger partial charge in [-0.3, -0.25) is 0 Å². The summed E-state index contributed by atoms with van der Waals surface area (Å²) in [6.07, 6.45) is 3.40. The summed E-state index contributed by atoms with van der Waals surface area (Å²) in [5, 5.41) is 5.21. The zero-order valence-electron chi connectivity index (χ0n) is 14.1. The summed E-state index contributed by atoms with van der Waals surface area (Å²) in [6, 6.07) is 13.5. The summed E-state index contributed by atoms with van der Waals surface area (Å²) in [5.74, 6) is 0.839. The summed E-state index contributed by atoms with van der Waals surface area (Å²) in [4.78, 5) is 2.58. The molecule has 1 saturated heterocycles. The Morgan fingerprint density at radius 3 is 2.80 bits per heavy atom. The van der Waals surface area contributed by atoms with Crippen molar-refractivity contribution in [3.63, 3.8) is 0 Å². The van der Waals surface area contributed by atoms with Gasteiger partial charge in [0.1, 0.15) is 5.82 Å². The lowest BCUT2D eigenvalue weighted by Crippen LogP contribution is -2.38. The standard InChI is InChI=1S/C21H21FN2O/c22-17-5-6-19-20(12-17)25-23-21(19)14-7-9-24(10-8-14)13-16-11-15-3-1-2-4-18(15)16/h1-6,12,14,16H,7-11,13H2. The average Bonchev–Trinajstić information content (AvgIpc) is 3.03. The molecule has 5 rings (SSSR count). The molecule has 1 aliphatic heterocycles. The zero-order chi connectivity index (χ0) is 16.8. The summed E-state index contributed by atoms with van der Waals surface area (Å²) >= 11 is 0. The summed E-state index contributed by atoms with van der Waals surface area (Å²) in [7, 11) is 0. The maximum Gasteiger partial charge on any atom is 0.170 e. The topological polar surface area (TPSA) is 29.3 Å². The number of halogens is 1. The molecule has 2 aromatic carbocycles. The third-order valence-electron chi connectivity index (χ3n) is 5.88. The molecular formula is C21H21FN2O. The van der Waals surface area contributed by atoms with Crippen LogP contribution in [0.2, 0.25) is 0 Å². The first-order chi connectivity index (χ1) is 12.3. The van der Waals surface area contributed by atoms with Crippen LogP contribution in [0.15, 0.2) is 47.0 Å². The molecule has 25 heavy (non-hydrogen) atoms. The van der Waals surface area contributed by atoms with Gasteiger partial charge in [-0.05, 0) is 55.6 Å². The van der Waals surface area contributed by atoms with E-state index in [1.54, 1.807) is 6.07 Å². The average molecular weight is 336 g/mol. The minimum absolute atomic E-state index is 0.272. The zero-order valence-corrected chi connectivity index (χ0v) is 14.1. The van der Waals surface area contributed by atoms with Crippen LogP contribution in [0.3, 0.4) is 0 Å². The van der Waals surface area contributed by atoms with E-state index in [2.05, 4.69) is 34.3 Å². The number of likely N-dealkylation sites (tertiary alicyclic amines) is 1. The molecule has 3 aromatic rings. The number of fused-ring (bicyclic) bond motifs is 2. The van der Waals surface area contributed by atoms with E-state index in [0.29, 0.717) is 17.4 Å². The van der Waals surface area contributed by atoms with Crippen LogP contribution >= 0.6 is 0 Å². The van der Waals surface area contributed by atoms with Gasteiger partial charge in [0.15, 0.2) is 5.58 Å². The van der Waals surface area contributed by atoms with Crippen LogP contribution in [-0.4, -0.2) is 29.7 Å². The fourth-order valence-corrected chi connectivity index (χ4v) is 4.45. The van der Waals surface area contributed by atoms with Crippen molar-refractivity contribution in [3.8, 4) is 0 Å². The van der Waals surface area contributed by atoms with E-state index in [4.69, 9.17) is 4.52 Å². The first-order valence-electron chi connectivity index (χ1n) is 9.13. The highest BCUT2D eigenvalue weighted by Gasteiger charge is 2.30. The van der Waals surface area contributed by atoms with Crippen LogP contribution in [0.5, 0.6) is 0 Å². The van der Waals surface area contributed by atoms with Crippen molar-refractivity contribution >= 4 is 11.0 Å². The van der Waals surface area contributed by atoms with Gasteiger partial charge in [0.25, 0.3) is 0 Å². The third-order valence-corrected chi connectivity index (χ3v) is 5.88. The SMILES string of the molecule is Fc1ccc2c(C3CCN(CC4Cc5ccccc54)CC3)noc2c1. The summed E-state index contributed by atoms with van der Waals surface area (Å²) < 4.78 is 18.6. The molecule has 2 heterocycles. The molecule has 3 nitrogen and oxygen atoms in total. The van der Waals surface area contributed by atoms with Gasteiger partial charge in [-0.15, -0.1) is 0 Å². The van der Waals surface area contributed by atoms with E-state index in [-0.39, 0.29) is 5.82 Å². The Bertz CT molecular complexity index is 911. The molecule has 1 aromatic heterocycles. The van der Waals surface area contributed by atoms with Crippen LogP contribution < -0.4 is 0 Å². The lowest BCUT2D eigenvalue weighted by molar-refractivity contribution is 0.192. The Labute approximate surface area is 146 Å². The number of hydrogen-bond acceptors (Lipinski definition) is 3. The van der Waals surface area contributed by atoms with E-state index in [1.807, 2.05) is 0 Å². The van der Waals surface area contributed by atoms with Gasteiger partial charge in [0.05, 0.1) is 5.69 Å². The molecule has 128 valence electrons. The Morgan fingerprint density at radius 2 is 1.96 bits per heavy atom. The third kappa shape index (κ3) is 2.65. The predicted octanol–water partition coefficient (Wildman–Crippen LogP) is 4.49. The monoisotopic (exact) mass is 336 g/mol. The van der Waals surface area contributed by atoms with Crippen LogP contribution in [0.4, 0.5) is 4.39 Å². The number of piperidine rings is 1. The molecule has 0 bridgehead atoms. The highest BCUT2D eigenvalue weighted by Crippen LogP contribution is 2.37. The molecule has 1 atom stereocenters. The van der Waals surface area contributed by atoms with Gasteiger partial charge in [-0.1, -0.05) is 29.4 Å². The van der Waals surface area contributed by atoms with E-state index in [9.17, 15) is 4.39 Å². The van der Waals surface area contributed by atoms with Crippen LogP contribution in [0.25, 0.3) is 11.0 Å². The number of aromatic nitrogens is 1. The molecule has 1 fully saturated rings. The Morgan fingerprint density at radius 1 is 1.12 bits per heavy atom. The molecule has 0 radical (unpaired) electrons. The van der Waals surface area contributed by atoms with E-state index >= 15 is 0 Å². The van der Waals surface area contributed by atoms with Gasteiger partial charge < -0.3 is 9.42 Å². The minimum Gasteiger partial charge on any atom is -0.356 e. The molecule has 2 aliphatic rings. The van der Waals surface area contributed by atoms with E-state index < -0.39 is 0 Å². The molecule has 0 spiro atoms. The van der Waals surface area contributed by atoms with Crippen molar-refractivity contribution in [1.29, 1.82) is 0 Å². The van der Waals surface area contributed by atoms with Crippen molar-refractivity contribution in [1.82, 2.24) is 10.1 Å². The second kappa shape index (κ2) is 5.95. The van der Waals surface area contributed by atoms with Gasteiger partial charge in [-0.25, -0.2) is 4.39 Å². The smallest absolute Gasteiger partial charge is 0.170 e. The fraction of sp³-hybridized carbons (Fsp3) is 0.381. The fourth-order valence-electron chi connectivity index (χ4n) is 4.45.